The van der Waals surface area contributed by atoms with Crippen LogP contribution in [0.2, 0.25) is 0 Å². The highest BCUT2D eigenvalue weighted by molar-refractivity contribution is 5.95. The molecule has 0 radical (unpaired) electrons. The molecule has 1 heterocycles. The number of hydrogen-bond acceptors (Lipinski definition) is 6. The van der Waals surface area contributed by atoms with Gasteiger partial charge in [0.15, 0.2) is 0 Å². The van der Waals surface area contributed by atoms with Crippen molar-refractivity contribution < 1.29 is 9.53 Å². The van der Waals surface area contributed by atoms with Gasteiger partial charge >= 0.3 is 0 Å². The maximum atomic E-state index is 11.9. The average Bonchev–Trinajstić information content (AvgIpc) is 2.71. The molecule has 0 fully saturated rings. The minimum atomic E-state index is -1.27. The number of anilines is 1. The van der Waals surface area contributed by atoms with E-state index in [2.05, 4.69) is 16.0 Å². The fourth-order valence-corrected chi connectivity index (χ4v) is 3.44. The van der Waals surface area contributed by atoms with Crippen molar-refractivity contribution in [1.29, 1.82) is 0 Å². The number of nitrogens with two attached hydrogens (primary N) is 2. The van der Waals surface area contributed by atoms with Gasteiger partial charge in [-0.05, 0) is 42.2 Å². The first kappa shape index (κ1) is 21.0. The third-order valence-corrected chi connectivity index (χ3v) is 5.32. The molecule has 0 bridgehead atoms. The van der Waals surface area contributed by atoms with Gasteiger partial charge in [0, 0.05) is 31.0 Å². The van der Waals surface area contributed by atoms with E-state index in [-0.39, 0.29) is 5.91 Å². The first-order chi connectivity index (χ1) is 13.7. The smallest absolute Gasteiger partial charge is 0.256 e. The van der Waals surface area contributed by atoms with Gasteiger partial charge in [0.2, 0.25) is 5.91 Å². The summed E-state index contributed by atoms with van der Waals surface area (Å²) in [5.41, 5.74) is 17.4. The maximum absolute atomic E-state index is 11.9. The maximum Gasteiger partial charge on any atom is 0.256 e. The molecule has 2 aromatic rings. The van der Waals surface area contributed by atoms with Crippen LogP contribution >= 0.6 is 0 Å². The van der Waals surface area contributed by atoms with Gasteiger partial charge in [0.1, 0.15) is 5.66 Å². The van der Waals surface area contributed by atoms with E-state index in [0.29, 0.717) is 6.42 Å². The molecule has 0 spiro atoms. The lowest BCUT2D eigenvalue weighted by Crippen LogP contribution is -2.74. The quantitative estimate of drug-likeness (QED) is 0.497. The van der Waals surface area contributed by atoms with Crippen molar-refractivity contribution in [2.75, 3.05) is 12.4 Å². The lowest BCUT2D eigenvalue weighted by Gasteiger charge is -2.44. The second-order valence-corrected chi connectivity index (χ2v) is 7.32. The summed E-state index contributed by atoms with van der Waals surface area (Å²) in [6.45, 7) is 5.78. The molecule has 3 rings (SSSR count). The molecule has 154 valence electrons. The van der Waals surface area contributed by atoms with Crippen LogP contribution in [0.1, 0.15) is 31.4 Å². The summed E-state index contributed by atoms with van der Waals surface area (Å²) in [5, 5.41) is 9.09. The topological polar surface area (TPSA) is 114 Å². The Morgan fingerprint density at radius 1 is 1.14 bits per heavy atom. The minimum absolute atomic E-state index is 0.0221. The van der Waals surface area contributed by atoms with Crippen LogP contribution in [-0.4, -0.2) is 19.0 Å². The Morgan fingerprint density at radius 2 is 1.86 bits per heavy atom. The highest BCUT2D eigenvalue weighted by Gasteiger charge is 2.41. The number of para-hydroxylation sites is 1. The second kappa shape index (κ2) is 7.96. The zero-order valence-electron chi connectivity index (χ0n) is 17.3. The van der Waals surface area contributed by atoms with Crippen LogP contribution in [0.3, 0.4) is 0 Å². The largest absolute Gasteiger partial charge is 0.338 e. The second-order valence-electron chi connectivity index (χ2n) is 7.32. The van der Waals surface area contributed by atoms with Crippen LogP contribution in [-0.2, 0) is 15.2 Å². The number of nitrogens with one attached hydrogen (secondary N) is 3. The highest BCUT2D eigenvalue weighted by Crippen LogP contribution is 2.34. The highest BCUT2D eigenvalue weighted by atomic mass is 16.5. The molecular weight excluding hydrogens is 366 g/mol. The third-order valence-electron chi connectivity index (χ3n) is 5.32. The fraction of sp³-hybridized carbons (Fsp3) is 0.318. The molecule has 2 atom stereocenters. The van der Waals surface area contributed by atoms with Gasteiger partial charge in [0.25, 0.3) is 5.97 Å². The van der Waals surface area contributed by atoms with Crippen LogP contribution in [0, 0.1) is 6.92 Å². The van der Waals surface area contributed by atoms with Crippen molar-refractivity contribution in [3.05, 3.63) is 65.4 Å². The molecule has 7 nitrogen and oxygen atoms in total. The molecule has 7 N–H and O–H groups in total. The van der Waals surface area contributed by atoms with Gasteiger partial charge in [0.05, 0.1) is 0 Å². The summed E-state index contributed by atoms with van der Waals surface area (Å²) in [6.07, 6.45) is 2.19. The Balaban J connectivity index is 2.01. The number of amides is 1. The molecule has 7 heteroatoms. The Labute approximate surface area is 171 Å². The van der Waals surface area contributed by atoms with Crippen molar-refractivity contribution in [3.63, 3.8) is 0 Å². The molecule has 2 aromatic carbocycles. The molecule has 0 saturated carbocycles. The molecule has 2 unspecified atom stereocenters. The standard InChI is InChI=1S/C22H29N5O2/c1-5-20(28)26-19-9-7-6-8-18(19)17-11-10-16(12-14(17)2)21(23)15(3)13-25-22(24,27-21)29-4/h6-13,25,27H,5,23-24H2,1-4H3,(H,26,28). The number of rotatable bonds is 5. The van der Waals surface area contributed by atoms with Gasteiger partial charge < -0.3 is 21.1 Å². The zero-order valence-corrected chi connectivity index (χ0v) is 17.3. The van der Waals surface area contributed by atoms with Gasteiger partial charge in [-0.25, -0.2) is 5.32 Å². The van der Waals surface area contributed by atoms with Crippen LogP contribution in [0.25, 0.3) is 11.1 Å². The van der Waals surface area contributed by atoms with Crippen molar-refractivity contribution in [2.45, 2.75) is 38.8 Å². The normalized spacial score (nSPS) is 23.9. The van der Waals surface area contributed by atoms with Crippen molar-refractivity contribution in [1.82, 2.24) is 10.6 Å². The van der Waals surface area contributed by atoms with E-state index in [0.717, 1.165) is 33.5 Å². The molecule has 0 saturated heterocycles. The summed E-state index contributed by atoms with van der Waals surface area (Å²) >= 11 is 0. The first-order valence-electron chi connectivity index (χ1n) is 9.60. The molecule has 0 aliphatic carbocycles. The average molecular weight is 396 g/mol. The molecule has 1 amide bonds. The van der Waals surface area contributed by atoms with Crippen molar-refractivity contribution in [2.24, 2.45) is 11.5 Å². The zero-order chi connectivity index (χ0) is 21.2. The fourth-order valence-electron chi connectivity index (χ4n) is 3.44. The molecule has 1 aliphatic heterocycles. The van der Waals surface area contributed by atoms with Gasteiger partial charge in [-0.1, -0.05) is 43.3 Å². The van der Waals surface area contributed by atoms with Crippen molar-refractivity contribution in [3.8, 4) is 11.1 Å². The summed E-state index contributed by atoms with van der Waals surface area (Å²) in [6, 6.07) is 13.8. The van der Waals surface area contributed by atoms with E-state index in [1.807, 2.05) is 63.2 Å². The number of methoxy groups -OCH3 is 1. The molecular formula is C22H29N5O2. The van der Waals surface area contributed by atoms with E-state index in [9.17, 15) is 4.79 Å². The molecule has 1 aliphatic rings. The predicted molar refractivity (Wildman–Crippen MR) is 115 cm³/mol. The summed E-state index contributed by atoms with van der Waals surface area (Å²) in [4.78, 5) is 11.9. The third kappa shape index (κ3) is 4.04. The van der Waals surface area contributed by atoms with E-state index < -0.39 is 11.6 Å². The van der Waals surface area contributed by atoms with E-state index in [1.54, 1.807) is 6.20 Å². The van der Waals surface area contributed by atoms with Crippen LogP contribution in [0.15, 0.2) is 54.2 Å². The number of ether oxygens (including phenoxy) is 1. The monoisotopic (exact) mass is 395 g/mol. The molecule has 0 aromatic heterocycles. The van der Waals surface area contributed by atoms with Crippen LogP contribution < -0.4 is 27.4 Å². The molecule has 29 heavy (non-hydrogen) atoms. The Bertz CT molecular complexity index is 958. The van der Waals surface area contributed by atoms with E-state index >= 15 is 0 Å². The number of carbonyl (C=O) groups is 1. The van der Waals surface area contributed by atoms with Crippen molar-refractivity contribution >= 4 is 11.6 Å². The lowest BCUT2D eigenvalue weighted by atomic mass is 9.88. The lowest BCUT2D eigenvalue weighted by molar-refractivity contribution is -0.115. The summed E-state index contributed by atoms with van der Waals surface area (Å²) in [5.74, 6) is -1.29. The van der Waals surface area contributed by atoms with E-state index in [4.69, 9.17) is 16.2 Å². The minimum Gasteiger partial charge on any atom is -0.338 e. The number of hydrogen-bond donors (Lipinski definition) is 5. The predicted octanol–water partition coefficient (Wildman–Crippen LogP) is 2.44. The first-order valence-corrected chi connectivity index (χ1v) is 9.60. The Hall–Kier alpha value is -2.71. The number of benzene rings is 2. The van der Waals surface area contributed by atoms with Crippen LogP contribution in [0.5, 0.6) is 0 Å². The van der Waals surface area contributed by atoms with Crippen LogP contribution in [0.4, 0.5) is 5.69 Å². The number of aryl methyl sites for hydroxylation is 1. The van der Waals surface area contributed by atoms with Gasteiger partial charge in [-0.2, -0.15) is 0 Å². The van der Waals surface area contributed by atoms with Gasteiger partial charge in [-0.15, -0.1) is 0 Å². The Morgan fingerprint density at radius 3 is 2.52 bits per heavy atom. The Kier molecular flexibility index (Phi) is 5.77. The SMILES string of the molecule is CCC(=O)Nc1ccccc1-c1ccc(C2(N)NC(N)(OC)NC=C2C)cc1C. The van der Waals surface area contributed by atoms with Gasteiger partial charge in [-0.3, -0.25) is 10.5 Å². The summed E-state index contributed by atoms with van der Waals surface area (Å²) < 4.78 is 5.32. The number of carbonyl (C=O) groups excluding carboxylic acids is 1. The summed E-state index contributed by atoms with van der Waals surface area (Å²) in [7, 11) is 1.50. The van der Waals surface area contributed by atoms with E-state index in [1.165, 1.54) is 7.11 Å².